The fourth-order valence-corrected chi connectivity index (χ4v) is 4.74. The highest BCUT2D eigenvalue weighted by atomic mass is 32.2. The first-order valence-corrected chi connectivity index (χ1v) is 12.0. The molecule has 1 aliphatic rings. The van der Waals surface area contributed by atoms with Gasteiger partial charge >= 0.3 is 0 Å². The first-order valence-electron chi connectivity index (χ1n) is 10.9. The number of hydrogen-bond acceptors (Lipinski definition) is 5. The molecule has 1 rings (SSSR count). The molecule has 30 heavy (non-hydrogen) atoms. The van der Waals surface area contributed by atoms with Crippen molar-refractivity contribution in [1.82, 2.24) is 14.5 Å². The molecule has 0 bridgehead atoms. The molecule has 4 atom stereocenters. The fourth-order valence-electron chi connectivity index (χ4n) is 3.72. The maximum Gasteiger partial charge on any atom is 0.220 e. The summed E-state index contributed by atoms with van der Waals surface area (Å²) in [5.41, 5.74) is 0.791. The van der Waals surface area contributed by atoms with Crippen LogP contribution in [0.3, 0.4) is 0 Å². The third-order valence-corrected chi connectivity index (χ3v) is 6.61. The quantitative estimate of drug-likeness (QED) is 0.268. The Balaban J connectivity index is 2.62. The van der Waals surface area contributed by atoms with Gasteiger partial charge in [0, 0.05) is 50.2 Å². The summed E-state index contributed by atoms with van der Waals surface area (Å²) < 4.78 is 32.9. The number of hydrogen-bond donors (Lipinski definition) is 1. The molecule has 174 valence electrons. The van der Waals surface area contributed by atoms with Crippen molar-refractivity contribution < 1.29 is 18.5 Å². The van der Waals surface area contributed by atoms with Crippen LogP contribution < -0.4 is 5.32 Å². The molecule has 0 aliphatic carbocycles. The molecule has 0 spiro atoms. The number of ether oxygens (including phenoxy) is 1. The minimum atomic E-state index is -0.997. The topological polar surface area (TPSA) is 67.9 Å². The number of allylic oxidation sites excluding steroid dienone is 1. The predicted molar refractivity (Wildman–Crippen MR) is 122 cm³/mol. The van der Waals surface area contributed by atoms with Gasteiger partial charge in [-0.15, -0.1) is 10.9 Å². The molecular weight excluding hydrogens is 405 g/mol. The second kappa shape index (κ2) is 14.1. The van der Waals surface area contributed by atoms with E-state index in [-0.39, 0.29) is 29.4 Å². The summed E-state index contributed by atoms with van der Waals surface area (Å²) in [6.07, 6.45) is 5.81. The zero-order chi connectivity index (χ0) is 22.7. The molecule has 1 amide bonds. The fraction of sp³-hybridized carbons (Fsp3) is 0.773. The highest BCUT2D eigenvalue weighted by Gasteiger charge is 2.28. The second-order valence-corrected chi connectivity index (χ2v) is 10.3. The average Bonchev–Trinajstić information content (AvgIpc) is 2.67. The maximum atomic E-state index is 13.3. The highest BCUT2D eigenvalue weighted by molar-refractivity contribution is 7.89. The SMILES string of the molecule is C=CCC(NC(=O)CCCCN(C)[S+]([O-])C(C)C)/C(=C\CF)N1CC(C)OC(C)C1. The van der Waals surface area contributed by atoms with E-state index in [4.69, 9.17) is 4.74 Å². The highest BCUT2D eigenvalue weighted by Crippen LogP contribution is 2.20. The van der Waals surface area contributed by atoms with Crippen LogP contribution in [0.4, 0.5) is 4.39 Å². The molecule has 1 N–H and O–H groups in total. The predicted octanol–water partition coefficient (Wildman–Crippen LogP) is 3.18. The molecule has 1 saturated heterocycles. The molecule has 8 heteroatoms. The van der Waals surface area contributed by atoms with Gasteiger partial charge in [-0.05, 0) is 53.0 Å². The van der Waals surface area contributed by atoms with Crippen LogP contribution >= 0.6 is 0 Å². The molecule has 1 fully saturated rings. The summed E-state index contributed by atoms with van der Waals surface area (Å²) >= 11 is -0.997. The van der Waals surface area contributed by atoms with E-state index in [1.807, 2.05) is 39.0 Å². The number of nitrogens with one attached hydrogen (secondary N) is 1. The van der Waals surface area contributed by atoms with Crippen LogP contribution in [-0.4, -0.2) is 76.5 Å². The lowest BCUT2D eigenvalue weighted by Crippen LogP contribution is -2.50. The van der Waals surface area contributed by atoms with Crippen LogP contribution in [0.15, 0.2) is 24.4 Å². The minimum absolute atomic E-state index is 0.0465. The van der Waals surface area contributed by atoms with E-state index in [9.17, 15) is 13.7 Å². The molecule has 4 unspecified atom stereocenters. The van der Waals surface area contributed by atoms with Crippen LogP contribution in [0.2, 0.25) is 0 Å². The smallest absolute Gasteiger partial charge is 0.220 e. The number of nitrogens with zero attached hydrogens (tertiary/aromatic N) is 2. The minimum Gasteiger partial charge on any atom is -0.598 e. The molecule has 1 aliphatic heterocycles. The third-order valence-electron chi connectivity index (χ3n) is 5.00. The van der Waals surface area contributed by atoms with Crippen molar-refractivity contribution in [1.29, 1.82) is 0 Å². The number of carbonyl (C=O) groups is 1. The lowest BCUT2D eigenvalue weighted by molar-refractivity contribution is -0.121. The van der Waals surface area contributed by atoms with E-state index in [1.165, 1.54) is 0 Å². The molecule has 0 aromatic carbocycles. The van der Waals surface area contributed by atoms with Crippen molar-refractivity contribution in [3.8, 4) is 0 Å². The van der Waals surface area contributed by atoms with Gasteiger partial charge < -0.3 is 19.5 Å². The van der Waals surface area contributed by atoms with Gasteiger partial charge in [0.1, 0.15) is 11.9 Å². The number of alkyl halides is 1. The van der Waals surface area contributed by atoms with Gasteiger partial charge in [-0.2, -0.15) is 0 Å². The summed E-state index contributed by atoms with van der Waals surface area (Å²) in [6.45, 7) is 13.1. The summed E-state index contributed by atoms with van der Waals surface area (Å²) in [7, 11) is 1.84. The zero-order valence-corrected chi connectivity index (χ0v) is 20.0. The van der Waals surface area contributed by atoms with Gasteiger partial charge in [0.25, 0.3) is 0 Å². The molecular formula is C22H40FN3O3S. The maximum absolute atomic E-state index is 13.3. The molecule has 6 nitrogen and oxygen atoms in total. The Morgan fingerprint density at radius 3 is 2.53 bits per heavy atom. The van der Waals surface area contributed by atoms with E-state index in [0.29, 0.717) is 38.9 Å². The van der Waals surface area contributed by atoms with Gasteiger partial charge in [0.05, 0.1) is 18.2 Å². The second-order valence-electron chi connectivity index (χ2n) is 8.22. The largest absolute Gasteiger partial charge is 0.598 e. The lowest BCUT2D eigenvalue weighted by Gasteiger charge is -2.40. The zero-order valence-electron chi connectivity index (χ0n) is 19.2. The number of halogens is 1. The Morgan fingerprint density at radius 2 is 2.00 bits per heavy atom. The van der Waals surface area contributed by atoms with Crippen molar-refractivity contribution in [2.45, 2.75) is 76.9 Å². The number of morpholine rings is 1. The van der Waals surface area contributed by atoms with Crippen molar-refractivity contribution >= 4 is 17.3 Å². The molecule has 1 heterocycles. The van der Waals surface area contributed by atoms with Crippen LogP contribution in [0.5, 0.6) is 0 Å². The van der Waals surface area contributed by atoms with Crippen molar-refractivity contribution in [3.63, 3.8) is 0 Å². The third kappa shape index (κ3) is 9.37. The van der Waals surface area contributed by atoms with E-state index < -0.39 is 18.0 Å². The standard InChI is InChI=1S/C22H40FN3O3S/c1-7-10-20(21(12-13-23)26-15-18(4)29-19(5)16-26)24-22(27)11-8-9-14-25(6)30(28)17(2)3/h7,12,17-20H,1,8-11,13-16H2,2-6H3,(H,24,27)/b21-12+. The van der Waals surface area contributed by atoms with Crippen LogP contribution in [0, 0.1) is 0 Å². The Bertz CT molecular complexity index is 552. The van der Waals surface area contributed by atoms with Gasteiger partial charge in [0.15, 0.2) is 0 Å². The Morgan fingerprint density at radius 1 is 1.37 bits per heavy atom. The number of rotatable bonds is 13. The Labute approximate surface area is 185 Å². The summed E-state index contributed by atoms with van der Waals surface area (Å²) in [5, 5.41) is 3.15. The van der Waals surface area contributed by atoms with Gasteiger partial charge in [-0.3, -0.25) is 4.79 Å². The normalized spacial score (nSPS) is 22.3. The first kappa shape index (κ1) is 26.9. The van der Waals surface area contributed by atoms with Crippen molar-refractivity contribution in [2.75, 3.05) is 33.4 Å². The van der Waals surface area contributed by atoms with E-state index in [0.717, 1.165) is 12.1 Å². The molecule has 0 radical (unpaired) electrons. The number of amides is 1. The van der Waals surface area contributed by atoms with E-state index in [2.05, 4.69) is 16.8 Å². The van der Waals surface area contributed by atoms with Gasteiger partial charge in [-0.25, -0.2) is 4.39 Å². The van der Waals surface area contributed by atoms with Crippen LogP contribution in [0.1, 0.15) is 53.4 Å². The molecule has 0 aromatic heterocycles. The van der Waals surface area contributed by atoms with Crippen LogP contribution in [0.25, 0.3) is 0 Å². The lowest BCUT2D eigenvalue weighted by atomic mass is 10.1. The molecule has 0 saturated carbocycles. The number of carbonyl (C=O) groups excluding carboxylic acids is 1. The average molecular weight is 446 g/mol. The van der Waals surface area contributed by atoms with E-state index in [1.54, 1.807) is 12.2 Å². The van der Waals surface area contributed by atoms with Crippen molar-refractivity contribution in [2.24, 2.45) is 0 Å². The Hall–Kier alpha value is -1.09. The van der Waals surface area contributed by atoms with Gasteiger partial charge in [0.2, 0.25) is 5.91 Å². The molecule has 0 aromatic rings. The van der Waals surface area contributed by atoms with Crippen molar-refractivity contribution in [3.05, 3.63) is 24.4 Å². The monoisotopic (exact) mass is 445 g/mol. The van der Waals surface area contributed by atoms with Gasteiger partial charge in [-0.1, -0.05) is 6.08 Å². The summed E-state index contributed by atoms with van der Waals surface area (Å²) in [6, 6.07) is -0.306. The first-order chi connectivity index (χ1) is 14.2. The Kier molecular flexibility index (Phi) is 12.6. The number of unbranched alkanes of at least 4 members (excludes halogenated alkanes) is 1. The summed E-state index contributed by atoms with van der Waals surface area (Å²) in [4.78, 5) is 14.7. The van der Waals surface area contributed by atoms with E-state index >= 15 is 0 Å². The van der Waals surface area contributed by atoms with Crippen LogP contribution in [-0.2, 0) is 20.9 Å². The summed E-state index contributed by atoms with van der Waals surface area (Å²) in [5.74, 6) is -0.0615.